The van der Waals surface area contributed by atoms with Gasteiger partial charge in [-0.2, -0.15) is 0 Å². The summed E-state index contributed by atoms with van der Waals surface area (Å²) in [6, 6.07) is 0. The van der Waals surface area contributed by atoms with Crippen LogP contribution in [0.15, 0.2) is 36.5 Å². The number of aliphatic hydroxyl groups is 2. The van der Waals surface area contributed by atoms with Gasteiger partial charge in [0, 0.05) is 18.8 Å². The van der Waals surface area contributed by atoms with Gasteiger partial charge in [0.1, 0.15) is 6.61 Å². The van der Waals surface area contributed by atoms with Gasteiger partial charge in [-0.3, -0.25) is 14.4 Å². The van der Waals surface area contributed by atoms with Crippen LogP contribution in [-0.4, -0.2) is 53.4 Å². The van der Waals surface area contributed by atoms with E-state index in [1.165, 1.54) is 38.5 Å². The zero-order chi connectivity index (χ0) is 30.8. The Morgan fingerprint density at radius 2 is 1.52 bits per heavy atom. The third-order valence-corrected chi connectivity index (χ3v) is 7.68. The van der Waals surface area contributed by atoms with E-state index in [2.05, 4.69) is 13.8 Å². The van der Waals surface area contributed by atoms with E-state index in [-0.39, 0.29) is 49.2 Å². The van der Waals surface area contributed by atoms with Gasteiger partial charge in [-0.05, 0) is 44.1 Å². The molecule has 0 fully saturated rings. The molecule has 0 amide bonds. The molecule has 0 saturated heterocycles. The highest BCUT2D eigenvalue weighted by atomic mass is 16.6. The Balaban J connectivity index is 2.17. The molecular formula is C35H58O7. The fraction of sp³-hybridized carbons (Fsp3) is 0.743. The third kappa shape index (κ3) is 19.0. The summed E-state index contributed by atoms with van der Waals surface area (Å²) >= 11 is 0. The molecule has 0 spiro atoms. The molecule has 0 radical (unpaired) electrons. The van der Waals surface area contributed by atoms with E-state index in [9.17, 15) is 24.6 Å². The van der Waals surface area contributed by atoms with Gasteiger partial charge in [-0.15, -0.1) is 0 Å². The van der Waals surface area contributed by atoms with Crippen molar-refractivity contribution in [2.45, 2.75) is 142 Å². The largest absolute Gasteiger partial charge is 0.462 e. The summed E-state index contributed by atoms with van der Waals surface area (Å²) in [4.78, 5) is 36.4. The van der Waals surface area contributed by atoms with Crippen LogP contribution in [0.5, 0.6) is 0 Å². The number of unbranched alkanes of at least 4 members (excludes halogenated alkanes) is 11. The second-order valence-corrected chi connectivity index (χ2v) is 11.6. The molecule has 42 heavy (non-hydrogen) atoms. The summed E-state index contributed by atoms with van der Waals surface area (Å²) in [5, 5.41) is 19.6. The molecule has 0 bridgehead atoms. The van der Waals surface area contributed by atoms with Gasteiger partial charge in [0.15, 0.2) is 11.9 Å². The van der Waals surface area contributed by atoms with E-state index < -0.39 is 12.2 Å². The first kappa shape index (κ1) is 37.8. The van der Waals surface area contributed by atoms with Crippen LogP contribution in [0.1, 0.15) is 129 Å². The van der Waals surface area contributed by atoms with Crippen LogP contribution in [0.2, 0.25) is 0 Å². The minimum atomic E-state index is -0.832. The zero-order valence-electron chi connectivity index (χ0n) is 26.4. The van der Waals surface area contributed by atoms with Gasteiger partial charge in [0.2, 0.25) is 0 Å². The molecule has 7 heteroatoms. The predicted octanol–water partition coefficient (Wildman–Crippen LogP) is 7.34. The molecule has 0 aliphatic heterocycles. The fourth-order valence-electron chi connectivity index (χ4n) is 5.01. The maximum atomic E-state index is 12.2. The highest BCUT2D eigenvalue weighted by molar-refractivity contribution is 5.95. The van der Waals surface area contributed by atoms with Gasteiger partial charge in [0.25, 0.3) is 0 Å². The number of carbonyl (C=O) groups excluding carboxylic acids is 3. The molecule has 0 aromatic carbocycles. The zero-order valence-corrected chi connectivity index (χ0v) is 26.4. The average Bonchev–Trinajstić information content (AvgIpc) is 3.33. The van der Waals surface area contributed by atoms with E-state index in [1.54, 1.807) is 12.2 Å². The molecule has 1 rings (SSSR count). The monoisotopic (exact) mass is 590 g/mol. The van der Waals surface area contributed by atoms with Crippen LogP contribution in [0.25, 0.3) is 0 Å². The fourth-order valence-corrected chi connectivity index (χ4v) is 5.01. The summed E-state index contributed by atoms with van der Waals surface area (Å²) in [6.07, 6.45) is 26.8. The first-order valence-corrected chi connectivity index (χ1v) is 16.6. The number of carbonyl (C=O) groups is 3. The number of ether oxygens (including phenoxy) is 2. The number of rotatable bonds is 26. The summed E-state index contributed by atoms with van der Waals surface area (Å²) in [6.45, 7) is 3.82. The highest BCUT2D eigenvalue weighted by Gasteiger charge is 2.27. The van der Waals surface area contributed by atoms with Crippen LogP contribution >= 0.6 is 0 Å². The Hall–Kier alpha value is -2.25. The summed E-state index contributed by atoms with van der Waals surface area (Å²) in [5.41, 5.74) is 0. The molecule has 0 unspecified atom stereocenters. The Bertz CT molecular complexity index is 816. The van der Waals surface area contributed by atoms with Crippen LogP contribution < -0.4 is 0 Å². The van der Waals surface area contributed by atoms with Gasteiger partial charge in [-0.25, -0.2) is 0 Å². The molecule has 0 saturated carbocycles. The Morgan fingerprint density at radius 1 is 0.881 bits per heavy atom. The van der Waals surface area contributed by atoms with Crippen molar-refractivity contribution in [2.24, 2.45) is 11.8 Å². The van der Waals surface area contributed by atoms with Gasteiger partial charge in [0.05, 0.1) is 12.7 Å². The van der Waals surface area contributed by atoms with Crippen molar-refractivity contribution < 1.29 is 34.1 Å². The van der Waals surface area contributed by atoms with Crippen molar-refractivity contribution in [2.75, 3.05) is 13.2 Å². The summed E-state index contributed by atoms with van der Waals surface area (Å²) < 4.78 is 10.5. The van der Waals surface area contributed by atoms with Crippen LogP contribution in [0, 0.1) is 11.8 Å². The third-order valence-electron chi connectivity index (χ3n) is 7.68. The second-order valence-electron chi connectivity index (χ2n) is 11.6. The lowest BCUT2D eigenvalue weighted by atomic mass is 9.90. The lowest BCUT2D eigenvalue weighted by Gasteiger charge is -2.15. The lowest BCUT2D eigenvalue weighted by molar-refractivity contribution is -0.161. The van der Waals surface area contributed by atoms with Gasteiger partial charge >= 0.3 is 11.9 Å². The molecule has 1 aliphatic rings. The minimum absolute atomic E-state index is 0.0727. The van der Waals surface area contributed by atoms with Crippen molar-refractivity contribution >= 4 is 17.7 Å². The topological polar surface area (TPSA) is 110 Å². The molecule has 2 N–H and O–H groups in total. The Labute approximate surface area is 254 Å². The van der Waals surface area contributed by atoms with Crippen molar-refractivity contribution in [1.82, 2.24) is 0 Å². The Morgan fingerprint density at radius 3 is 2.21 bits per heavy atom. The number of hydrogen-bond acceptors (Lipinski definition) is 7. The number of ketones is 1. The molecule has 0 aromatic rings. The van der Waals surface area contributed by atoms with Crippen molar-refractivity contribution in [3.8, 4) is 0 Å². The van der Waals surface area contributed by atoms with E-state index in [4.69, 9.17) is 9.47 Å². The first-order chi connectivity index (χ1) is 20.4. The highest BCUT2D eigenvalue weighted by Crippen LogP contribution is 2.27. The van der Waals surface area contributed by atoms with Crippen molar-refractivity contribution in [1.29, 1.82) is 0 Å². The van der Waals surface area contributed by atoms with Crippen LogP contribution in [0.3, 0.4) is 0 Å². The lowest BCUT2D eigenvalue weighted by Crippen LogP contribution is -2.28. The molecule has 0 aromatic heterocycles. The summed E-state index contributed by atoms with van der Waals surface area (Å²) in [7, 11) is 0. The number of aliphatic hydroxyl groups excluding tert-OH is 2. The van der Waals surface area contributed by atoms with E-state index in [1.807, 2.05) is 24.3 Å². The van der Waals surface area contributed by atoms with Crippen molar-refractivity contribution in [3.05, 3.63) is 36.5 Å². The minimum Gasteiger partial charge on any atom is -0.462 e. The molecular weight excluding hydrogens is 532 g/mol. The summed E-state index contributed by atoms with van der Waals surface area (Å²) in [5.74, 6) is -0.828. The second kappa shape index (κ2) is 25.3. The van der Waals surface area contributed by atoms with Crippen molar-refractivity contribution in [3.63, 3.8) is 0 Å². The standard InChI is InChI=1S/C35H58O7/c1-3-5-7-8-9-10-11-12-18-22-35(40)42-31(27-36)28-41-34(39)21-17-14-13-16-19-29-23-26-33(38)32(29)25-24-30(37)20-15-6-4-2/h13,16,23-26,29-32,36-37H,3-12,14-15,17-22,27-28H2,1-2H3/b16-13-,25-24+/t29-,30-,31-,32+/m0/s1. The van der Waals surface area contributed by atoms with E-state index in [0.717, 1.165) is 51.4 Å². The Kier molecular flexibility index (Phi) is 22.7. The first-order valence-electron chi connectivity index (χ1n) is 16.6. The normalized spacial score (nSPS) is 18.2. The smallest absolute Gasteiger partial charge is 0.306 e. The van der Waals surface area contributed by atoms with E-state index in [0.29, 0.717) is 19.3 Å². The van der Waals surface area contributed by atoms with Crippen LogP contribution in [0.4, 0.5) is 0 Å². The molecule has 1 aliphatic carbocycles. The van der Waals surface area contributed by atoms with E-state index >= 15 is 0 Å². The van der Waals surface area contributed by atoms with Crippen LogP contribution in [-0.2, 0) is 23.9 Å². The average molecular weight is 591 g/mol. The molecule has 240 valence electrons. The number of allylic oxidation sites excluding steroid dienone is 5. The van der Waals surface area contributed by atoms with Gasteiger partial charge < -0.3 is 19.7 Å². The number of hydrogen-bond donors (Lipinski definition) is 2. The molecule has 0 heterocycles. The quantitative estimate of drug-likeness (QED) is 0.0616. The molecule has 4 atom stereocenters. The SMILES string of the molecule is CCCCCCCCCCCC(=O)O[C@@H](CO)COC(=O)CCC/C=C\C[C@H]1C=CC(=O)[C@@H]1/C=C/[C@@H](O)CCCCC. The van der Waals surface area contributed by atoms with Gasteiger partial charge in [-0.1, -0.05) is 115 Å². The molecule has 7 nitrogen and oxygen atoms in total. The number of esters is 2. The maximum Gasteiger partial charge on any atom is 0.306 e. The maximum absolute atomic E-state index is 12.2. The predicted molar refractivity (Wildman–Crippen MR) is 168 cm³/mol.